The van der Waals surface area contributed by atoms with Gasteiger partial charge in [-0.05, 0) is 72.5 Å². The minimum atomic E-state index is -0.971. The summed E-state index contributed by atoms with van der Waals surface area (Å²) in [6.45, 7) is 0.526. The van der Waals surface area contributed by atoms with Gasteiger partial charge in [0.1, 0.15) is 11.6 Å². The van der Waals surface area contributed by atoms with Gasteiger partial charge >= 0.3 is 5.97 Å². The highest BCUT2D eigenvalue weighted by molar-refractivity contribution is 6.08. The van der Waals surface area contributed by atoms with E-state index >= 15 is 0 Å². The van der Waals surface area contributed by atoms with Gasteiger partial charge < -0.3 is 14.6 Å². The fraction of sp³-hybridized carbons (Fsp3) is 0.231. The predicted octanol–water partition coefficient (Wildman–Crippen LogP) is 4.71. The zero-order valence-electron chi connectivity index (χ0n) is 17.8. The highest BCUT2D eigenvalue weighted by Crippen LogP contribution is 2.17. The lowest BCUT2D eigenvalue weighted by molar-refractivity contribution is -0.148. The lowest BCUT2D eigenvalue weighted by atomic mass is 10.0. The number of aryl methyl sites for hydroxylation is 1. The second-order valence-corrected chi connectivity index (χ2v) is 7.40. The van der Waals surface area contributed by atoms with Gasteiger partial charge in [0, 0.05) is 24.7 Å². The molecule has 3 rings (SSSR count). The van der Waals surface area contributed by atoms with Gasteiger partial charge in [-0.25, -0.2) is 9.18 Å². The summed E-state index contributed by atoms with van der Waals surface area (Å²) in [5.74, 6) is -0.837. The number of hydrogen-bond donors (Lipinski definition) is 1. The van der Waals surface area contributed by atoms with Gasteiger partial charge in [-0.2, -0.15) is 0 Å². The van der Waals surface area contributed by atoms with Crippen LogP contribution in [0.2, 0.25) is 0 Å². The number of halogens is 1. The summed E-state index contributed by atoms with van der Waals surface area (Å²) in [6, 6.07) is 20.2. The number of rotatable bonds is 11. The Morgan fingerprint density at radius 2 is 1.44 bits per heavy atom. The van der Waals surface area contributed by atoms with E-state index in [1.807, 2.05) is 24.3 Å². The third kappa shape index (κ3) is 6.49. The molecule has 5 nitrogen and oxygen atoms in total. The van der Waals surface area contributed by atoms with Crippen molar-refractivity contribution in [3.05, 3.63) is 101 Å². The molecule has 0 aliphatic rings. The normalized spacial score (nSPS) is 11.7. The summed E-state index contributed by atoms with van der Waals surface area (Å²) in [5.41, 5.74) is 3.01. The van der Waals surface area contributed by atoms with E-state index in [1.54, 1.807) is 24.3 Å². The van der Waals surface area contributed by atoms with Crippen LogP contribution in [0.3, 0.4) is 0 Å². The Hall–Kier alpha value is -3.51. The minimum absolute atomic E-state index is 0.167. The summed E-state index contributed by atoms with van der Waals surface area (Å²) in [4.78, 5) is 23.5. The van der Waals surface area contributed by atoms with Crippen molar-refractivity contribution in [3.8, 4) is 5.75 Å². The van der Waals surface area contributed by atoms with Crippen LogP contribution in [0.5, 0.6) is 5.75 Å². The molecule has 0 fully saturated rings. The molecule has 0 aromatic heterocycles. The Balaban J connectivity index is 1.44. The van der Waals surface area contributed by atoms with Crippen molar-refractivity contribution in [1.82, 2.24) is 0 Å². The molecule has 166 valence electrons. The van der Waals surface area contributed by atoms with Gasteiger partial charge in [-0.3, -0.25) is 4.79 Å². The van der Waals surface area contributed by atoms with Crippen molar-refractivity contribution < 1.29 is 28.6 Å². The van der Waals surface area contributed by atoms with E-state index < -0.39 is 12.1 Å². The molecular weight excluding hydrogens is 411 g/mol. The van der Waals surface area contributed by atoms with Crippen molar-refractivity contribution in [3.63, 3.8) is 0 Å². The first-order valence-corrected chi connectivity index (χ1v) is 10.3. The third-order valence-electron chi connectivity index (χ3n) is 5.11. The van der Waals surface area contributed by atoms with Gasteiger partial charge in [0.05, 0.1) is 6.61 Å². The first-order chi connectivity index (χ1) is 15.5. The van der Waals surface area contributed by atoms with Crippen LogP contribution in [0.4, 0.5) is 4.39 Å². The molecular formula is C26H25FO5. The van der Waals surface area contributed by atoms with Crippen molar-refractivity contribution in [2.75, 3.05) is 13.7 Å². The second kappa shape index (κ2) is 11.2. The number of hydrogen-bond acceptors (Lipinski definition) is 4. The Kier molecular flexibility index (Phi) is 8.11. The van der Waals surface area contributed by atoms with E-state index in [9.17, 15) is 14.0 Å². The van der Waals surface area contributed by atoms with Crippen LogP contribution >= 0.6 is 0 Å². The molecule has 0 bridgehead atoms. The van der Waals surface area contributed by atoms with Gasteiger partial charge in [-0.15, -0.1) is 0 Å². The minimum Gasteiger partial charge on any atom is -0.494 e. The fourth-order valence-corrected chi connectivity index (χ4v) is 3.26. The molecule has 1 N–H and O–H groups in total. The van der Waals surface area contributed by atoms with Crippen LogP contribution in [0, 0.1) is 5.82 Å². The van der Waals surface area contributed by atoms with Crippen molar-refractivity contribution in [1.29, 1.82) is 0 Å². The maximum absolute atomic E-state index is 13.0. The van der Waals surface area contributed by atoms with E-state index in [0.717, 1.165) is 24.0 Å². The van der Waals surface area contributed by atoms with E-state index in [4.69, 9.17) is 14.6 Å². The highest BCUT2D eigenvalue weighted by Gasteiger charge is 2.16. The first-order valence-electron chi connectivity index (χ1n) is 10.3. The number of ether oxygens (including phenoxy) is 2. The molecule has 0 heterocycles. The molecule has 0 saturated heterocycles. The summed E-state index contributed by atoms with van der Waals surface area (Å²) >= 11 is 0. The molecule has 0 radical (unpaired) electrons. The number of carboxylic acids is 1. The molecule has 1 atom stereocenters. The Morgan fingerprint density at radius 3 is 2.00 bits per heavy atom. The summed E-state index contributed by atoms with van der Waals surface area (Å²) in [5, 5.41) is 9.06. The number of carbonyl (C=O) groups excluding carboxylic acids is 1. The van der Waals surface area contributed by atoms with Crippen molar-refractivity contribution in [2.45, 2.75) is 25.4 Å². The van der Waals surface area contributed by atoms with Gasteiger partial charge in [0.2, 0.25) is 0 Å². The molecule has 32 heavy (non-hydrogen) atoms. The molecule has 0 aliphatic carbocycles. The number of carboxylic acid groups (broad SMARTS) is 1. The van der Waals surface area contributed by atoms with Gasteiger partial charge in [0.25, 0.3) is 0 Å². The molecule has 0 amide bonds. The SMILES string of the molecule is CO[C@@H](Cc1ccc(CCCOc2ccc(C(=O)c3ccc(F)cc3)cc2)cc1)C(=O)O. The molecule has 3 aromatic rings. The van der Waals surface area contributed by atoms with E-state index in [0.29, 0.717) is 29.9 Å². The number of ketones is 1. The first kappa shape index (κ1) is 23.2. The van der Waals surface area contributed by atoms with Crippen molar-refractivity contribution >= 4 is 11.8 Å². The van der Waals surface area contributed by atoms with Crippen LogP contribution < -0.4 is 4.74 Å². The molecule has 0 saturated carbocycles. The number of carbonyl (C=O) groups is 2. The molecule has 0 aliphatic heterocycles. The van der Waals surface area contributed by atoms with Crippen LogP contribution in [0.15, 0.2) is 72.8 Å². The smallest absolute Gasteiger partial charge is 0.333 e. The zero-order valence-corrected chi connectivity index (χ0v) is 17.8. The van der Waals surface area contributed by atoms with Crippen LogP contribution in [0.25, 0.3) is 0 Å². The summed E-state index contributed by atoms with van der Waals surface area (Å²) < 4.78 is 23.7. The second-order valence-electron chi connectivity index (χ2n) is 7.40. The lowest BCUT2D eigenvalue weighted by Crippen LogP contribution is -2.24. The van der Waals surface area contributed by atoms with Gasteiger partial charge in [0.15, 0.2) is 11.9 Å². The average molecular weight is 436 g/mol. The van der Waals surface area contributed by atoms with Crippen LogP contribution in [-0.4, -0.2) is 36.7 Å². The monoisotopic (exact) mass is 436 g/mol. The molecule has 0 spiro atoms. The summed E-state index contributed by atoms with van der Waals surface area (Å²) in [7, 11) is 1.39. The van der Waals surface area contributed by atoms with Crippen LogP contribution in [-0.2, 0) is 22.4 Å². The maximum atomic E-state index is 13.0. The number of benzene rings is 3. The quantitative estimate of drug-likeness (QED) is 0.348. The number of methoxy groups -OCH3 is 1. The van der Waals surface area contributed by atoms with Gasteiger partial charge in [-0.1, -0.05) is 24.3 Å². The Morgan fingerprint density at radius 1 is 0.875 bits per heavy atom. The Bertz CT molecular complexity index is 1030. The third-order valence-corrected chi connectivity index (χ3v) is 5.11. The molecule has 6 heteroatoms. The van der Waals surface area contributed by atoms with Crippen LogP contribution in [0.1, 0.15) is 33.5 Å². The summed E-state index contributed by atoms with van der Waals surface area (Å²) in [6.07, 6.45) is 1.13. The van der Waals surface area contributed by atoms with E-state index in [1.165, 1.54) is 31.4 Å². The van der Waals surface area contributed by atoms with E-state index in [-0.39, 0.29) is 11.6 Å². The molecule has 3 aromatic carbocycles. The Labute approximate surface area is 186 Å². The molecule has 0 unspecified atom stereocenters. The fourth-order valence-electron chi connectivity index (χ4n) is 3.26. The highest BCUT2D eigenvalue weighted by atomic mass is 19.1. The zero-order chi connectivity index (χ0) is 22.9. The topological polar surface area (TPSA) is 72.8 Å². The predicted molar refractivity (Wildman–Crippen MR) is 119 cm³/mol. The van der Waals surface area contributed by atoms with Crippen molar-refractivity contribution in [2.24, 2.45) is 0 Å². The lowest BCUT2D eigenvalue weighted by Gasteiger charge is -2.11. The largest absolute Gasteiger partial charge is 0.494 e. The maximum Gasteiger partial charge on any atom is 0.333 e. The number of aliphatic carboxylic acids is 1. The van der Waals surface area contributed by atoms with E-state index in [2.05, 4.69) is 0 Å². The average Bonchev–Trinajstić information content (AvgIpc) is 2.81. The standard InChI is InChI=1S/C26H25FO5/c1-31-24(26(29)30)17-19-6-4-18(5-7-19)3-2-16-32-23-14-10-21(11-15-23)25(28)20-8-12-22(27)13-9-20/h4-15,24H,2-3,16-17H2,1H3,(H,29,30)/t24-/m0/s1.